The van der Waals surface area contributed by atoms with E-state index in [-0.39, 0.29) is 6.15 Å². The molecule has 0 saturated heterocycles. The average molecular weight is 110 g/mol. The van der Waals surface area contributed by atoms with Gasteiger partial charge in [-0.25, -0.2) is 0 Å². The van der Waals surface area contributed by atoms with Crippen molar-refractivity contribution in [1.82, 2.24) is 6.15 Å². The number of nitroso groups, excluding NO2 is 3. The molecule has 0 aromatic carbocycles. The van der Waals surface area contributed by atoms with Crippen LogP contribution < -0.4 is 6.15 Å². The van der Waals surface area contributed by atoms with E-state index in [2.05, 4.69) is 16.8 Å². The fraction of sp³-hybridized carbons (Fsp3) is 0. The molecule has 6 N–H and O–H groups in total. The molecule has 44 valence electrons. The molecule has 0 fully saturated rings. The molecule has 0 amide bonds. The van der Waals surface area contributed by atoms with Crippen LogP contribution >= 0.6 is 0 Å². The maximum absolute atomic E-state index is 7.50. The standard InChI is InChI=1S/3HNO.H3N/c3*1-2;/h3*1H;1H3. The maximum Gasteiger partial charge on any atom is -0.0850 e. The molecule has 0 heterocycles. The Morgan fingerprint density at radius 2 is 0.571 bits per heavy atom. The molecule has 0 spiro atoms. The molecule has 0 rings (SSSR count). The molecule has 7 nitrogen and oxygen atoms in total. The second kappa shape index (κ2) is 43.8. The summed E-state index contributed by atoms with van der Waals surface area (Å²) < 4.78 is 0. The van der Waals surface area contributed by atoms with Crippen molar-refractivity contribution in [2.24, 2.45) is 0 Å². The topological polar surface area (TPSA) is 158 Å². The van der Waals surface area contributed by atoms with Gasteiger partial charge in [0.25, 0.3) is 0 Å². The predicted octanol–water partition coefficient (Wildman–Crippen LogP) is 1.16. The maximum atomic E-state index is 7.50. The van der Waals surface area contributed by atoms with Gasteiger partial charge in [-0.2, -0.15) is 14.7 Å². The third kappa shape index (κ3) is 23.6. The van der Waals surface area contributed by atoms with E-state index >= 15 is 0 Å². The van der Waals surface area contributed by atoms with Gasteiger partial charge in [0, 0.05) is 0 Å². The molecule has 0 aromatic heterocycles. The summed E-state index contributed by atoms with van der Waals surface area (Å²) in [6.07, 6.45) is 0. The van der Waals surface area contributed by atoms with Crippen molar-refractivity contribution in [3.8, 4) is 0 Å². The summed E-state index contributed by atoms with van der Waals surface area (Å²) in [7, 11) is 0. The van der Waals surface area contributed by atoms with Gasteiger partial charge in [-0.3, -0.25) is 0 Å². The van der Waals surface area contributed by atoms with E-state index in [1.165, 1.54) is 0 Å². The number of hydrogen-bond donors (Lipinski definition) is 4. The van der Waals surface area contributed by atoms with Crippen molar-refractivity contribution in [2.45, 2.75) is 0 Å². The summed E-state index contributed by atoms with van der Waals surface area (Å²) >= 11 is 0. The Balaban J connectivity index is -0.00000000900. The van der Waals surface area contributed by atoms with Crippen LogP contribution in [0.2, 0.25) is 0 Å². The lowest BCUT2D eigenvalue weighted by atomic mass is 13.8. The van der Waals surface area contributed by atoms with Gasteiger partial charge in [-0.1, -0.05) is 16.8 Å². The highest BCUT2D eigenvalue weighted by Gasteiger charge is 0.592. The van der Waals surface area contributed by atoms with E-state index in [1.54, 1.807) is 0 Å². The number of rotatable bonds is 0. The van der Waals surface area contributed by atoms with Gasteiger partial charge in [0.05, 0.1) is 0 Å². The van der Waals surface area contributed by atoms with E-state index in [4.69, 9.17) is 14.7 Å². The summed E-state index contributed by atoms with van der Waals surface area (Å²) in [6, 6.07) is 0. The minimum Gasteiger partial charge on any atom is -0.344 e. The van der Waals surface area contributed by atoms with E-state index in [0.717, 1.165) is 0 Å². The van der Waals surface area contributed by atoms with Crippen LogP contribution in [0, 0.1) is 31.5 Å². The van der Waals surface area contributed by atoms with Crippen molar-refractivity contribution in [2.75, 3.05) is 0 Å². The first kappa shape index (κ1) is 42.1. The van der Waals surface area contributed by atoms with Crippen LogP contribution in [0.4, 0.5) is 0 Å². The quantitative estimate of drug-likeness (QED) is 0.344. The molecule has 0 bridgehead atoms. The Bertz CT molecular complexity index is 11.7. The number of nitrogens with one attached hydrogen (secondary N) is 3. The van der Waals surface area contributed by atoms with Crippen LogP contribution in [0.1, 0.15) is 0 Å². The summed E-state index contributed by atoms with van der Waals surface area (Å²) in [6.45, 7) is 0. The van der Waals surface area contributed by atoms with Crippen LogP contribution in [0.5, 0.6) is 0 Å². The minimum absolute atomic E-state index is 0. The van der Waals surface area contributed by atoms with Crippen LogP contribution in [0.15, 0.2) is 0 Å². The lowest BCUT2D eigenvalue weighted by Crippen LogP contribution is -0.649. The highest BCUT2D eigenvalue weighted by Crippen LogP contribution is 0.770. The molecule has 0 aliphatic heterocycles. The van der Waals surface area contributed by atoms with E-state index in [1.807, 2.05) is 0 Å². The highest BCUT2D eigenvalue weighted by molar-refractivity contribution is 3.64. The van der Waals surface area contributed by atoms with Crippen molar-refractivity contribution >= 4 is 0 Å². The van der Waals surface area contributed by atoms with Crippen molar-refractivity contribution in [3.63, 3.8) is 0 Å². The second-order valence-corrected chi connectivity index (χ2v) is 0. The average Bonchev–Trinajstić information content (AvgIpc) is 1.81. The van der Waals surface area contributed by atoms with Crippen LogP contribution in [-0.2, 0) is 0 Å². The van der Waals surface area contributed by atoms with E-state index in [0.29, 0.717) is 0 Å². The molecule has 0 aromatic rings. The van der Waals surface area contributed by atoms with Crippen LogP contribution in [-0.4, -0.2) is 0 Å². The van der Waals surface area contributed by atoms with Gasteiger partial charge in [0.15, 0.2) is 0 Å². The Kier molecular flexibility index (Phi) is 263. The first-order valence-corrected chi connectivity index (χ1v) is 0.612. The van der Waals surface area contributed by atoms with Gasteiger partial charge in [-0.15, -0.1) is 0 Å². The normalized spacial score (nSPS) is 1.71. The monoisotopic (exact) mass is 110 g/mol. The van der Waals surface area contributed by atoms with Crippen molar-refractivity contribution in [3.05, 3.63) is 14.7 Å². The lowest BCUT2D eigenvalue weighted by molar-refractivity contribution is 1.49. The number of hydrogen-bond acceptors (Lipinski definition) is 7. The van der Waals surface area contributed by atoms with Crippen molar-refractivity contribution < 1.29 is 0 Å². The van der Waals surface area contributed by atoms with Gasteiger partial charge >= 0.3 is 0 Å². The summed E-state index contributed by atoms with van der Waals surface area (Å²) in [5.74, 6) is 0. The summed E-state index contributed by atoms with van der Waals surface area (Å²) in [5, 5.41) is 0. The molecule has 0 aliphatic carbocycles. The zero-order valence-electron chi connectivity index (χ0n) is 3.43. The Morgan fingerprint density at radius 3 is 0.571 bits per heavy atom. The predicted molar refractivity (Wildman–Crippen MR) is 23.3 cm³/mol. The minimum atomic E-state index is 0. The zero-order chi connectivity index (χ0) is 6.00. The molecular weight excluding hydrogens is 104 g/mol. The van der Waals surface area contributed by atoms with Crippen molar-refractivity contribution in [1.29, 1.82) is 16.8 Å². The Labute approximate surface area is 39.0 Å². The van der Waals surface area contributed by atoms with Crippen LogP contribution in [0.3, 0.4) is 0 Å². The molecule has 0 radical (unpaired) electrons. The first-order valence-electron chi connectivity index (χ1n) is 0.612. The smallest absolute Gasteiger partial charge is 0.0850 e. The lowest BCUT2D eigenvalue weighted by Gasteiger charge is -0.827. The first-order chi connectivity index (χ1) is 3.00. The van der Waals surface area contributed by atoms with Gasteiger partial charge in [0.2, 0.25) is 0 Å². The van der Waals surface area contributed by atoms with E-state index in [9.17, 15) is 0 Å². The Hall–Kier alpha value is -1.24. The molecule has 0 aliphatic rings. The zero-order valence-corrected chi connectivity index (χ0v) is 3.43. The molecule has 7 heteroatoms. The largest absolute Gasteiger partial charge is 0.344 e. The van der Waals surface area contributed by atoms with Crippen LogP contribution in [0.25, 0.3) is 0 Å². The highest BCUT2D eigenvalue weighted by atomic mass is 16.2. The summed E-state index contributed by atoms with van der Waals surface area (Å²) in [4.78, 5) is 22.5. The van der Waals surface area contributed by atoms with E-state index < -0.39 is 0 Å². The second-order valence-electron chi connectivity index (χ2n) is 0. The third-order valence-corrected chi connectivity index (χ3v) is 0. The molecule has 0 atom stereocenters. The van der Waals surface area contributed by atoms with Gasteiger partial charge < -0.3 is 6.15 Å². The third-order valence-electron chi connectivity index (χ3n) is 0. The Morgan fingerprint density at radius 1 is 0.571 bits per heavy atom. The SMILES string of the molecule is N.N=O.N=O.N=O. The molecule has 7 heavy (non-hydrogen) atoms. The fourth-order valence-corrected chi connectivity index (χ4v) is 0. The molecular formula is H6N4O3. The molecule has 0 saturated carbocycles. The van der Waals surface area contributed by atoms with Gasteiger partial charge in [-0.05, 0) is 0 Å². The van der Waals surface area contributed by atoms with Gasteiger partial charge in [0.1, 0.15) is 0 Å². The molecule has 0 unspecified atom stereocenters. The fourth-order valence-electron chi connectivity index (χ4n) is 0. The summed E-state index contributed by atoms with van der Waals surface area (Å²) in [5.41, 5.74) is 13.5.